The Morgan fingerprint density at radius 2 is 1.08 bits per heavy atom. The molecule has 0 aliphatic rings. The van der Waals surface area contributed by atoms with Gasteiger partial charge in [0.15, 0.2) is 0 Å². The lowest BCUT2D eigenvalue weighted by atomic mass is 10.2. The van der Waals surface area contributed by atoms with Crippen molar-refractivity contribution in [3.8, 4) is 0 Å². The first kappa shape index (κ1) is 35.0. The van der Waals surface area contributed by atoms with Crippen molar-refractivity contribution in [2.24, 2.45) is 0 Å². The first-order valence-electron chi connectivity index (χ1n) is 11.5. The number of ether oxygens (including phenoxy) is 4. The third kappa shape index (κ3) is 26.2. The SMILES string of the molecule is CC(C)OC(=O)/C=C/C(=O)[O-].CC(C)OC(=O)C=Cc1ccccc1.CCOC(=O)/C=C/C(=O)OCC. The van der Waals surface area contributed by atoms with E-state index in [1.807, 2.05) is 44.2 Å². The molecule has 10 nitrogen and oxygen atoms in total. The number of esters is 4. The van der Waals surface area contributed by atoms with E-state index in [1.165, 1.54) is 6.08 Å². The highest BCUT2D eigenvalue weighted by Crippen LogP contribution is 2.01. The van der Waals surface area contributed by atoms with Gasteiger partial charge in [-0.2, -0.15) is 0 Å². The molecule has 0 heterocycles. The molecule has 1 rings (SSSR count). The molecular weight excluding hydrogens is 484 g/mol. The van der Waals surface area contributed by atoms with Crippen LogP contribution in [-0.4, -0.2) is 55.3 Å². The summed E-state index contributed by atoms with van der Waals surface area (Å²) >= 11 is 0. The highest BCUT2D eigenvalue weighted by atomic mass is 16.5. The lowest BCUT2D eigenvalue weighted by molar-refractivity contribution is -0.297. The van der Waals surface area contributed by atoms with Crippen molar-refractivity contribution in [3.05, 3.63) is 66.3 Å². The van der Waals surface area contributed by atoms with Crippen LogP contribution in [0.3, 0.4) is 0 Å². The minimum Gasteiger partial charge on any atom is -0.545 e. The number of hydrogen-bond acceptors (Lipinski definition) is 10. The third-order valence-electron chi connectivity index (χ3n) is 3.20. The lowest BCUT2D eigenvalue weighted by Gasteiger charge is -2.03. The zero-order chi connectivity index (χ0) is 28.6. The Hall–Kier alpha value is -4.21. The predicted octanol–water partition coefficient (Wildman–Crippen LogP) is 2.56. The average molecular weight is 520 g/mol. The highest BCUT2D eigenvalue weighted by molar-refractivity contribution is 5.91. The Kier molecular flexibility index (Phi) is 21.0. The van der Waals surface area contributed by atoms with Crippen LogP contribution in [0, 0.1) is 0 Å². The number of carbonyl (C=O) groups excluding carboxylic acids is 5. The maximum atomic E-state index is 11.1. The molecule has 0 aromatic heterocycles. The molecule has 204 valence electrons. The fraction of sp³-hybridized carbons (Fsp3) is 0.370. The van der Waals surface area contributed by atoms with Gasteiger partial charge in [-0.1, -0.05) is 30.3 Å². The zero-order valence-corrected chi connectivity index (χ0v) is 22.0. The smallest absolute Gasteiger partial charge is 0.331 e. The van der Waals surface area contributed by atoms with Crippen molar-refractivity contribution in [2.75, 3.05) is 13.2 Å². The van der Waals surface area contributed by atoms with Gasteiger partial charge in [-0.25, -0.2) is 19.2 Å². The van der Waals surface area contributed by atoms with E-state index in [9.17, 15) is 29.1 Å². The van der Waals surface area contributed by atoms with Gasteiger partial charge in [-0.05, 0) is 59.3 Å². The minimum atomic E-state index is -1.41. The van der Waals surface area contributed by atoms with E-state index in [4.69, 9.17) is 4.74 Å². The molecule has 0 atom stereocenters. The molecule has 0 amide bonds. The molecule has 0 aliphatic heterocycles. The van der Waals surface area contributed by atoms with Crippen LogP contribution in [0.2, 0.25) is 0 Å². The number of rotatable bonds is 10. The molecule has 37 heavy (non-hydrogen) atoms. The van der Waals surface area contributed by atoms with Crippen molar-refractivity contribution in [3.63, 3.8) is 0 Å². The van der Waals surface area contributed by atoms with Crippen LogP contribution < -0.4 is 5.11 Å². The highest BCUT2D eigenvalue weighted by Gasteiger charge is 2.00. The van der Waals surface area contributed by atoms with Gasteiger partial charge < -0.3 is 28.8 Å². The summed E-state index contributed by atoms with van der Waals surface area (Å²) in [5.41, 5.74) is 0.994. The van der Waals surface area contributed by atoms with Crippen LogP contribution in [0.25, 0.3) is 6.08 Å². The van der Waals surface area contributed by atoms with E-state index in [2.05, 4.69) is 14.2 Å². The Labute approximate surface area is 217 Å². The number of benzene rings is 1. The van der Waals surface area contributed by atoms with Gasteiger partial charge in [0.1, 0.15) is 0 Å². The van der Waals surface area contributed by atoms with Gasteiger partial charge in [0, 0.05) is 24.3 Å². The predicted molar refractivity (Wildman–Crippen MR) is 134 cm³/mol. The van der Waals surface area contributed by atoms with E-state index in [0.717, 1.165) is 23.8 Å². The lowest BCUT2D eigenvalue weighted by Crippen LogP contribution is -2.19. The molecule has 0 bridgehead atoms. The summed E-state index contributed by atoms with van der Waals surface area (Å²) in [7, 11) is 0. The number of carbonyl (C=O) groups is 5. The molecule has 0 unspecified atom stereocenters. The quantitative estimate of drug-likeness (QED) is 0.257. The van der Waals surface area contributed by atoms with Crippen LogP contribution in [0.1, 0.15) is 47.1 Å². The molecule has 0 saturated heterocycles. The first-order valence-corrected chi connectivity index (χ1v) is 11.5. The second-order valence-electron chi connectivity index (χ2n) is 7.21. The standard InChI is InChI=1S/C12H14O2.C8H12O4.C7H10O4/c1-10(2)14-12(13)9-8-11-6-4-3-5-7-11;1-3-11-7(9)5-6-8(10)12-4-2;1-5(2)11-7(10)4-3-6(8)9/h3-10H,1-2H3;5-6H,3-4H2,1-2H3;3-5H,1-2H3,(H,8,9)/p-1/b;6-5+;4-3+. The van der Waals surface area contributed by atoms with E-state index in [0.29, 0.717) is 19.3 Å². The molecular formula is C27H35O10-. The van der Waals surface area contributed by atoms with Crippen LogP contribution in [0.4, 0.5) is 0 Å². The summed E-state index contributed by atoms with van der Waals surface area (Å²) in [5.74, 6) is -3.46. The topological polar surface area (TPSA) is 145 Å². The molecule has 0 aliphatic carbocycles. The summed E-state index contributed by atoms with van der Waals surface area (Å²) in [6, 6.07) is 9.64. The Morgan fingerprint density at radius 3 is 1.46 bits per heavy atom. The minimum absolute atomic E-state index is 0.0667. The largest absolute Gasteiger partial charge is 0.545 e. The van der Waals surface area contributed by atoms with E-state index in [1.54, 1.807) is 33.8 Å². The van der Waals surface area contributed by atoms with Crippen LogP contribution >= 0.6 is 0 Å². The fourth-order valence-corrected chi connectivity index (χ4v) is 1.92. The summed E-state index contributed by atoms with van der Waals surface area (Å²) < 4.78 is 18.6. The monoisotopic (exact) mass is 519 g/mol. The van der Waals surface area contributed by atoms with Gasteiger partial charge in [-0.3, -0.25) is 0 Å². The van der Waals surface area contributed by atoms with Crippen LogP contribution in [0.15, 0.2) is 60.7 Å². The summed E-state index contributed by atoms with van der Waals surface area (Å²) in [5, 5.41) is 9.78. The number of aliphatic carboxylic acids is 1. The molecule has 0 saturated carbocycles. The summed E-state index contributed by atoms with van der Waals surface area (Å²) in [6.45, 7) is 11.0. The zero-order valence-electron chi connectivity index (χ0n) is 22.0. The number of hydrogen-bond donors (Lipinski definition) is 0. The van der Waals surface area contributed by atoms with Crippen molar-refractivity contribution in [1.29, 1.82) is 0 Å². The second-order valence-corrected chi connectivity index (χ2v) is 7.21. The summed E-state index contributed by atoms with van der Waals surface area (Å²) in [4.78, 5) is 52.7. The molecule has 0 spiro atoms. The van der Waals surface area contributed by atoms with Crippen molar-refractivity contribution in [2.45, 2.75) is 53.8 Å². The molecule has 0 fully saturated rings. The normalized spacial score (nSPS) is 10.4. The van der Waals surface area contributed by atoms with Crippen LogP contribution in [-0.2, 0) is 42.9 Å². The third-order valence-corrected chi connectivity index (χ3v) is 3.20. The Morgan fingerprint density at radius 1 is 0.676 bits per heavy atom. The van der Waals surface area contributed by atoms with Crippen molar-refractivity contribution >= 4 is 35.9 Å². The maximum Gasteiger partial charge on any atom is 0.331 e. The number of carboxylic acid groups (broad SMARTS) is 1. The van der Waals surface area contributed by atoms with E-state index in [-0.39, 0.29) is 18.2 Å². The molecule has 10 heteroatoms. The van der Waals surface area contributed by atoms with Gasteiger partial charge >= 0.3 is 23.9 Å². The van der Waals surface area contributed by atoms with Crippen molar-refractivity contribution < 1.29 is 48.0 Å². The molecule has 1 aromatic carbocycles. The maximum absolute atomic E-state index is 11.1. The fourth-order valence-electron chi connectivity index (χ4n) is 1.92. The average Bonchev–Trinajstić information content (AvgIpc) is 2.81. The van der Waals surface area contributed by atoms with Gasteiger partial charge in [0.05, 0.1) is 31.4 Å². The summed E-state index contributed by atoms with van der Waals surface area (Å²) in [6.07, 6.45) is 6.40. The van der Waals surface area contributed by atoms with Gasteiger partial charge in [0.25, 0.3) is 0 Å². The van der Waals surface area contributed by atoms with Gasteiger partial charge in [-0.15, -0.1) is 0 Å². The van der Waals surface area contributed by atoms with E-state index < -0.39 is 23.9 Å². The second kappa shape index (κ2) is 22.3. The Balaban J connectivity index is 0. The van der Waals surface area contributed by atoms with Crippen molar-refractivity contribution in [1.82, 2.24) is 0 Å². The van der Waals surface area contributed by atoms with Gasteiger partial charge in [0.2, 0.25) is 0 Å². The van der Waals surface area contributed by atoms with Crippen LogP contribution in [0.5, 0.6) is 0 Å². The molecule has 0 N–H and O–H groups in total. The number of carboxylic acids is 1. The molecule has 1 aromatic rings. The first-order chi connectivity index (χ1) is 17.4. The van der Waals surface area contributed by atoms with E-state index >= 15 is 0 Å². The molecule has 0 radical (unpaired) electrons. The Bertz CT molecular complexity index is 892.